The first kappa shape index (κ1) is 22.0. The summed E-state index contributed by atoms with van der Waals surface area (Å²) >= 11 is 0. The SMILES string of the molecule is O=C(O)Cn1c2ccccc2c2ccc(OCCCCCOc3cccc4c3CCC4=O)cc21. The number of ether oxygens (including phenoxy) is 2. The van der Waals surface area contributed by atoms with Crippen LogP contribution in [-0.4, -0.2) is 34.6 Å². The van der Waals surface area contributed by atoms with E-state index < -0.39 is 5.97 Å². The lowest BCUT2D eigenvalue weighted by Crippen LogP contribution is -2.08. The first-order chi connectivity index (χ1) is 16.6. The van der Waals surface area contributed by atoms with Gasteiger partial charge < -0.3 is 19.1 Å². The van der Waals surface area contributed by atoms with Gasteiger partial charge in [-0.2, -0.15) is 0 Å². The van der Waals surface area contributed by atoms with Gasteiger partial charge in [0.1, 0.15) is 18.0 Å². The molecule has 6 heteroatoms. The molecule has 0 amide bonds. The van der Waals surface area contributed by atoms with E-state index in [0.29, 0.717) is 19.6 Å². The second-order valence-electron chi connectivity index (χ2n) is 8.64. The Balaban J connectivity index is 1.14. The number of aliphatic carboxylic acids is 1. The third-order valence-corrected chi connectivity index (χ3v) is 6.39. The smallest absolute Gasteiger partial charge is 0.323 e. The number of para-hydroxylation sites is 1. The molecule has 0 fully saturated rings. The van der Waals surface area contributed by atoms with Crippen molar-refractivity contribution >= 4 is 33.6 Å². The molecule has 6 nitrogen and oxygen atoms in total. The van der Waals surface area contributed by atoms with Gasteiger partial charge in [0.05, 0.1) is 18.7 Å². The third kappa shape index (κ3) is 4.36. The third-order valence-electron chi connectivity index (χ3n) is 6.39. The lowest BCUT2D eigenvalue weighted by molar-refractivity contribution is -0.137. The lowest BCUT2D eigenvalue weighted by Gasteiger charge is -2.11. The summed E-state index contributed by atoms with van der Waals surface area (Å²) in [6.07, 6.45) is 4.12. The number of carbonyl (C=O) groups excluding carboxylic acids is 1. The quantitative estimate of drug-likeness (QED) is 0.312. The molecular weight excluding hydrogens is 430 g/mol. The molecule has 1 heterocycles. The largest absolute Gasteiger partial charge is 0.494 e. The molecule has 0 unspecified atom stereocenters. The van der Waals surface area contributed by atoms with Crippen molar-refractivity contribution in [1.82, 2.24) is 4.57 Å². The van der Waals surface area contributed by atoms with Crippen LogP contribution in [0.25, 0.3) is 21.8 Å². The monoisotopic (exact) mass is 457 g/mol. The summed E-state index contributed by atoms with van der Waals surface area (Å²) in [6, 6.07) is 19.4. The minimum Gasteiger partial charge on any atom is -0.494 e. The predicted molar refractivity (Wildman–Crippen MR) is 131 cm³/mol. The lowest BCUT2D eigenvalue weighted by atomic mass is 10.1. The molecule has 5 rings (SSSR count). The van der Waals surface area contributed by atoms with Crippen LogP contribution >= 0.6 is 0 Å². The summed E-state index contributed by atoms with van der Waals surface area (Å²) in [4.78, 5) is 23.3. The number of carboxylic acids is 1. The Morgan fingerprint density at radius 3 is 2.50 bits per heavy atom. The standard InChI is InChI=1S/C28H27NO5/c30-26-14-13-23-22(26)8-6-10-27(23)34-16-5-1-4-15-33-19-11-12-21-20-7-2-3-9-24(20)29(18-28(31)32)25(21)17-19/h2-3,6-12,17H,1,4-5,13-16,18H2,(H,31,32). The molecular formula is C28H27NO5. The summed E-state index contributed by atoms with van der Waals surface area (Å²) in [7, 11) is 0. The molecule has 0 saturated heterocycles. The van der Waals surface area contributed by atoms with Crippen molar-refractivity contribution in [3.8, 4) is 11.5 Å². The average molecular weight is 458 g/mol. The summed E-state index contributed by atoms with van der Waals surface area (Å²) < 4.78 is 13.7. The van der Waals surface area contributed by atoms with Gasteiger partial charge in [0.25, 0.3) is 0 Å². The van der Waals surface area contributed by atoms with Gasteiger partial charge in [-0.25, -0.2) is 0 Å². The van der Waals surface area contributed by atoms with Crippen molar-refractivity contribution in [3.63, 3.8) is 0 Å². The van der Waals surface area contributed by atoms with E-state index in [1.54, 1.807) is 0 Å². The van der Waals surface area contributed by atoms with Crippen LogP contribution in [0.15, 0.2) is 60.7 Å². The van der Waals surface area contributed by atoms with Gasteiger partial charge in [-0.05, 0) is 49.9 Å². The Bertz CT molecular complexity index is 1370. The predicted octanol–water partition coefficient (Wildman–Crippen LogP) is 5.64. The molecule has 4 aromatic rings. The molecule has 0 saturated carbocycles. The van der Waals surface area contributed by atoms with E-state index >= 15 is 0 Å². The van der Waals surface area contributed by atoms with Crippen LogP contribution in [0, 0.1) is 0 Å². The van der Waals surface area contributed by atoms with E-state index in [9.17, 15) is 14.7 Å². The fraction of sp³-hybridized carbons (Fsp3) is 0.286. The number of nitrogens with zero attached hydrogens (tertiary/aromatic N) is 1. The fourth-order valence-corrected chi connectivity index (χ4v) is 4.77. The number of benzene rings is 3. The molecule has 1 aromatic heterocycles. The number of hydrogen-bond donors (Lipinski definition) is 1. The summed E-state index contributed by atoms with van der Waals surface area (Å²) in [5, 5.41) is 11.4. The zero-order chi connectivity index (χ0) is 23.5. The molecule has 1 N–H and O–H groups in total. The van der Waals surface area contributed by atoms with Crippen molar-refractivity contribution in [2.75, 3.05) is 13.2 Å². The van der Waals surface area contributed by atoms with E-state index in [2.05, 4.69) is 0 Å². The topological polar surface area (TPSA) is 77.8 Å². The Morgan fingerprint density at radius 1 is 0.853 bits per heavy atom. The summed E-state index contributed by atoms with van der Waals surface area (Å²) in [6.45, 7) is 1.11. The number of carbonyl (C=O) groups is 2. The molecule has 1 aliphatic rings. The van der Waals surface area contributed by atoms with Crippen LogP contribution in [0.1, 0.15) is 41.6 Å². The van der Waals surface area contributed by atoms with Crippen LogP contribution in [0.3, 0.4) is 0 Å². The second-order valence-corrected chi connectivity index (χ2v) is 8.64. The van der Waals surface area contributed by atoms with E-state index in [0.717, 1.165) is 70.1 Å². The number of carboxylic acid groups (broad SMARTS) is 1. The minimum atomic E-state index is -0.872. The average Bonchev–Trinajstić information content (AvgIpc) is 3.37. The fourth-order valence-electron chi connectivity index (χ4n) is 4.77. The molecule has 174 valence electrons. The highest BCUT2D eigenvalue weighted by Gasteiger charge is 2.22. The van der Waals surface area contributed by atoms with E-state index in [4.69, 9.17) is 9.47 Å². The molecule has 0 atom stereocenters. The maximum Gasteiger partial charge on any atom is 0.323 e. The Labute approximate surface area is 197 Å². The van der Waals surface area contributed by atoms with Gasteiger partial charge in [-0.3, -0.25) is 9.59 Å². The first-order valence-corrected chi connectivity index (χ1v) is 11.8. The van der Waals surface area contributed by atoms with Crippen LogP contribution in [0.2, 0.25) is 0 Å². The van der Waals surface area contributed by atoms with E-state index in [1.165, 1.54) is 0 Å². The van der Waals surface area contributed by atoms with Gasteiger partial charge in [0, 0.05) is 39.9 Å². The van der Waals surface area contributed by atoms with E-state index in [-0.39, 0.29) is 12.3 Å². The normalized spacial score (nSPS) is 12.9. The maximum atomic E-state index is 11.9. The van der Waals surface area contributed by atoms with Crippen molar-refractivity contribution < 1.29 is 24.2 Å². The van der Waals surface area contributed by atoms with Crippen molar-refractivity contribution in [2.45, 2.75) is 38.6 Å². The van der Waals surface area contributed by atoms with Gasteiger partial charge in [-0.1, -0.05) is 30.3 Å². The zero-order valence-electron chi connectivity index (χ0n) is 19.0. The zero-order valence-corrected chi connectivity index (χ0v) is 19.0. The van der Waals surface area contributed by atoms with Crippen LogP contribution in [0.5, 0.6) is 11.5 Å². The number of fused-ring (bicyclic) bond motifs is 4. The summed E-state index contributed by atoms with van der Waals surface area (Å²) in [5.74, 6) is 0.912. The number of unbranched alkanes of at least 4 members (excludes halogenated alkanes) is 2. The highest BCUT2D eigenvalue weighted by molar-refractivity contribution is 6.08. The van der Waals surface area contributed by atoms with Crippen molar-refractivity contribution in [1.29, 1.82) is 0 Å². The van der Waals surface area contributed by atoms with Crippen LogP contribution in [-0.2, 0) is 17.8 Å². The molecule has 34 heavy (non-hydrogen) atoms. The Kier molecular flexibility index (Phi) is 6.21. The highest BCUT2D eigenvalue weighted by Crippen LogP contribution is 2.32. The Morgan fingerprint density at radius 2 is 1.65 bits per heavy atom. The molecule has 3 aromatic carbocycles. The second kappa shape index (κ2) is 9.59. The van der Waals surface area contributed by atoms with Crippen LogP contribution < -0.4 is 9.47 Å². The molecule has 0 bridgehead atoms. The van der Waals surface area contributed by atoms with Crippen molar-refractivity contribution in [2.24, 2.45) is 0 Å². The Hall–Kier alpha value is -3.80. The molecule has 0 spiro atoms. The number of ketones is 1. The summed E-state index contributed by atoms with van der Waals surface area (Å²) in [5.41, 5.74) is 3.63. The number of hydrogen-bond acceptors (Lipinski definition) is 4. The van der Waals surface area contributed by atoms with Gasteiger partial charge in [0.2, 0.25) is 0 Å². The van der Waals surface area contributed by atoms with Crippen molar-refractivity contribution in [3.05, 3.63) is 71.8 Å². The number of aromatic nitrogens is 1. The van der Waals surface area contributed by atoms with Gasteiger partial charge >= 0.3 is 5.97 Å². The van der Waals surface area contributed by atoms with Crippen LogP contribution in [0.4, 0.5) is 0 Å². The molecule has 1 aliphatic carbocycles. The first-order valence-electron chi connectivity index (χ1n) is 11.8. The molecule has 0 radical (unpaired) electrons. The van der Waals surface area contributed by atoms with Gasteiger partial charge in [-0.15, -0.1) is 0 Å². The van der Waals surface area contributed by atoms with E-state index in [1.807, 2.05) is 65.2 Å². The maximum absolute atomic E-state index is 11.9. The number of Topliss-reactive ketones (excluding diaryl/α,β-unsaturated/α-hetero) is 1. The highest BCUT2D eigenvalue weighted by atomic mass is 16.5. The molecule has 0 aliphatic heterocycles. The van der Waals surface area contributed by atoms with Gasteiger partial charge in [0.15, 0.2) is 5.78 Å². The number of rotatable bonds is 10. The minimum absolute atomic E-state index is 0.0910.